The van der Waals surface area contributed by atoms with Crippen molar-refractivity contribution in [2.24, 2.45) is 0 Å². The zero-order valence-corrected chi connectivity index (χ0v) is 16.2. The number of aromatic amines is 1. The van der Waals surface area contributed by atoms with Gasteiger partial charge < -0.3 is 19.7 Å². The minimum Gasteiger partial charge on any atom is -0.481 e. The van der Waals surface area contributed by atoms with Crippen molar-refractivity contribution in [3.05, 3.63) is 45.5 Å². The normalized spacial score (nSPS) is 14.0. The van der Waals surface area contributed by atoms with Crippen LogP contribution >= 0.6 is 0 Å². The maximum Gasteiger partial charge on any atom is 0.255 e. The van der Waals surface area contributed by atoms with E-state index in [1.54, 1.807) is 26.3 Å². The Morgan fingerprint density at radius 1 is 1.39 bits per heavy atom. The van der Waals surface area contributed by atoms with Gasteiger partial charge in [0.25, 0.3) is 5.56 Å². The molecule has 28 heavy (non-hydrogen) atoms. The lowest BCUT2D eigenvalue weighted by Gasteiger charge is -2.27. The third-order valence-electron chi connectivity index (χ3n) is 4.62. The van der Waals surface area contributed by atoms with Crippen LogP contribution in [0.2, 0.25) is 0 Å². The Balaban J connectivity index is 1.56. The van der Waals surface area contributed by atoms with Crippen molar-refractivity contribution >= 4 is 11.9 Å². The third-order valence-corrected chi connectivity index (χ3v) is 4.62. The SMILES string of the molecule is COc1cc(CNC(=O)CCc2c(C)nc(N3CCOCC3)[nH]c2=O)ccn1. The van der Waals surface area contributed by atoms with Gasteiger partial charge in [0.05, 0.1) is 20.3 Å². The van der Waals surface area contributed by atoms with Crippen LogP contribution < -0.4 is 20.5 Å². The number of nitrogens with one attached hydrogen (secondary N) is 2. The van der Waals surface area contributed by atoms with Crippen LogP contribution in [0.5, 0.6) is 5.88 Å². The maximum atomic E-state index is 12.5. The minimum absolute atomic E-state index is 0.133. The van der Waals surface area contributed by atoms with Crippen LogP contribution in [0.15, 0.2) is 23.1 Å². The van der Waals surface area contributed by atoms with Gasteiger partial charge in [-0.1, -0.05) is 0 Å². The predicted octanol–water partition coefficient (Wildman–Crippen LogP) is 0.568. The average Bonchev–Trinajstić information content (AvgIpc) is 2.72. The number of morpholine rings is 1. The van der Waals surface area contributed by atoms with E-state index in [-0.39, 0.29) is 17.9 Å². The van der Waals surface area contributed by atoms with Gasteiger partial charge in [-0.3, -0.25) is 14.6 Å². The van der Waals surface area contributed by atoms with Gasteiger partial charge >= 0.3 is 0 Å². The Kier molecular flexibility index (Phi) is 6.59. The molecular weight excluding hydrogens is 362 g/mol. The van der Waals surface area contributed by atoms with Crippen LogP contribution in [0.4, 0.5) is 5.95 Å². The highest BCUT2D eigenvalue weighted by atomic mass is 16.5. The molecule has 0 aromatic carbocycles. The quantitative estimate of drug-likeness (QED) is 0.715. The second-order valence-electron chi connectivity index (χ2n) is 6.54. The number of amides is 1. The highest BCUT2D eigenvalue weighted by Crippen LogP contribution is 2.12. The topological polar surface area (TPSA) is 109 Å². The molecule has 3 heterocycles. The molecule has 0 radical (unpaired) electrons. The second kappa shape index (κ2) is 9.32. The molecule has 1 saturated heterocycles. The molecule has 2 aromatic rings. The number of pyridine rings is 1. The standard InChI is InChI=1S/C19H25N5O4/c1-13-15(18(26)23-19(22-13)24-7-9-28-10-8-24)3-4-16(25)21-12-14-5-6-20-17(11-14)27-2/h5-6,11H,3-4,7-10,12H2,1-2H3,(H,21,25)(H,22,23,26). The molecule has 0 saturated carbocycles. The Hall–Kier alpha value is -2.94. The molecule has 1 amide bonds. The molecule has 0 unspecified atom stereocenters. The fourth-order valence-corrected chi connectivity index (χ4v) is 3.01. The van der Waals surface area contributed by atoms with E-state index in [0.717, 1.165) is 5.56 Å². The number of methoxy groups -OCH3 is 1. The molecule has 9 nitrogen and oxygen atoms in total. The van der Waals surface area contributed by atoms with Crippen LogP contribution in [-0.4, -0.2) is 54.3 Å². The summed E-state index contributed by atoms with van der Waals surface area (Å²) in [6, 6.07) is 3.58. The van der Waals surface area contributed by atoms with E-state index in [1.807, 2.05) is 11.0 Å². The van der Waals surface area contributed by atoms with Crippen molar-refractivity contribution in [2.75, 3.05) is 38.3 Å². The van der Waals surface area contributed by atoms with E-state index in [4.69, 9.17) is 9.47 Å². The molecule has 3 rings (SSSR count). The molecule has 9 heteroatoms. The number of ether oxygens (including phenoxy) is 2. The summed E-state index contributed by atoms with van der Waals surface area (Å²) in [5, 5.41) is 2.85. The molecule has 1 aliphatic heterocycles. The van der Waals surface area contributed by atoms with E-state index in [2.05, 4.69) is 20.3 Å². The number of rotatable bonds is 7. The summed E-state index contributed by atoms with van der Waals surface area (Å²) in [4.78, 5) is 38.0. The Bertz CT molecular complexity index is 877. The summed E-state index contributed by atoms with van der Waals surface area (Å²) < 4.78 is 10.4. The molecule has 2 N–H and O–H groups in total. The van der Waals surface area contributed by atoms with E-state index < -0.39 is 0 Å². The van der Waals surface area contributed by atoms with E-state index in [0.29, 0.717) is 62.4 Å². The summed E-state index contributed by atoms with van der Waals surface area (Å²) in [7, 11) is 1.54. The number of aromatic nitrogens is 3. The minimum atomic E-state index is -0.194. The highest BCUT2D eigenvalue weighted by molar-refractivity contribution is 5.76. The van der Waals surface area contributed by atoms with Crippen LogP contribution in [0.25, 0.3) is 0 Å². The molecule has 0 aliphatic carbocycles. The summed E-state index contributed by atoms with van der Waals surface area (Å²) in [6.45, 7) is 4.81. The zero-order valence-electron chi connectivity index (χ0n) is 16.2. The lowest BCUT2D eigenvalue weighted by atomic mass is 10.1. The monoisotopic (exact) mass is 387 g/mol. The summed E-state index contributed by atoms with van der Waals surface area (Å²) in [5.74, 6) is 0.929. The van der Waals surface area contributed by atoms with Crippen molar-refractivity contribution < 1.29 is 14.3 Å². The number of anilines is 1. The number of carbonyl (C=O) groups is 1. The largest absolute Gasteiger partial charge is 0.481 e. The van der Waals surface area contributed by atoms with Gasteiger partial charge in [0, 0.05) is 49.6 Å². The van der Waals surface area contributed by atoms with Gasteiger partial charge in [0.15, 0.2) is 0 Å². The number of hydrogen-bond acceptors (Lipinski definition) is 7. The third kappa shape index (κ3) is 5.07. The zero-order chi connectivity index (χ0) is 19.9. The second-order valence-corrected chi connectivity index (χ2v) is 6.54. The Morgan fingerprint density at radius 2 is 2.18 bits per heavy atom. The first-order valence-corrected chi connectivity index (χ1v) is 9.25. The lowest BCUT2D eigenvalue weighted by Crippen LogP contribution is -2.38. The number of aryl methyl sites for hydroxylation is 1. The Labute approximate surface area is 163 Å². The average molecular weight is 387 g/mol. The van der Waals surface area contributed by atoms with Gasteiger partial charge in [-0.05, 0) is 25.0 Å². The summed E-state index contributed by atoms with van der Waals surface area (Å²) in [5.41, 5.74) is 1.89. The van der Waals surface area contributed by atoms with Crippen molar-refractivity contribution in [1.82, 2.24) is 20.3 Å². The van der Waals surface area contributed by atoms with Crippen LogP contribution in [0, 0.1) is 6.92 Å². The maximum absolute atomic E-state index is 12.5. The number of nitrogens with zero attached hydrogens (tertiary/aromatic N) is 3. The van der Waals surface area contributed by atoms with Gasteiger partial charge in [-0.2, -0.15) is 0 Å². The summed E-state index contributed by atoms with van der Waals surface area (Å²) in [6.07, 6.45) is 2.18. The van der Waals surface area contributed by atoms with Crippen LogP contribution in [0.1, 0.15) is 23.2 Å². The first kappa shape index (κ1) is 19.8. The molecular formula is C19H25N5O4. The number of H-pyrrole nitrogens is 1. The van der Waals surface area contributed by atoms with E-state index in [9.17, 15) is 9.59 Å². The van der Waals surface area contributed by atoms with Gasteiger partial charge in [-0.15, -0.1) is 0 Å². The van der Waals surface area contributed by atoms with Crippen molar-refractivity contribution in [1.29, 1.82) is 0 Å². The highest BCUT2D eigenvalue weighted by Gasteiger charge is 2.16. The van der Waals surface area contributed by atoms with Gasteiger partial charge in [0.1, 0.15) is 0 Å². The fraction of sp³-hybridized carbons (Fsp3) is 0.474. The number of carbonyl (C=O) groups excluding carboxylic acids is 1. The van der Waals surface area contributed by atoms with Gasteiger partial charge in [-0.25, -0.2) is 9.97 Å². The Morgan fingerprint density at radius 3 is 2.89 bits per heavy atom. The van der Waals surface area contributed by atoms with Crippen molar-refractivity contribution in [2.45, 2.75) is 26.3 Å². The lowest BCUT2D eigenvalue weighted by molar-refractivity contribution is -0.121. The van der Waals surface area contributed by atoms with Crippen LogP contribution in [0.3, 0.4) is 0 Å². The van der Waals surface area contributed by atoms with E-state index in [1.165, 1.54) is 0 Å². The van der Waals surface area contributed by atoms with Crippen molar-refractivity contribution in [3.8, 4) is 5.88 Å². The van der Waals surface area contributed by atoms with E-state index >= 15 is 0 Å². The molecule has 0 atom stereocenters. The predicted molar refractivity (Wildman–Crippen MR) is 104 cm³/mol. The first-order valence-electron chi connectivity index (χ1n) is 9.25. The first-order chi connectivity index (χ1) is 13.6. The molecule has 2 aromatic heterocycles. The molecule has 150 valence electrons. The fourth-order valence-electron chi connectivity index (χ4n) is 3.01. The molecule has 1 aliphatic rings. The molecule has 0 spiro atoms. The molecule has 0 bridgehead atoms. The summed E-state index contributed by atoms with van der Waals surface area (Å²) >= 11 is 0. The smallest absolute Gasteiger partial charge is 0.255 e. The van der Waals surface area contributed by atoms with Crippen molar-refractivity contribution in [3.63, 3.8) is 0 Å². The number of hydrogen-bond donors (Lipinski definition) is 2. The van der Waals surface area contributed by atoms with Crippen LogP contribution in [-0.2, 0) is 22.5 Å². The van der Waals surface area contributed by atoms with Gasteiger partial charge in [0.2, 0.25) is 17.7 Å². The molecule has 1 fully saturated rings.